The molecule has 3 nitrogen and oxygen atoms in total. The van der Waals surface area contributed by atoms with Gasteiger partial charge in [-0.25, -0.2) is 0 Å². The molecule has 2 atom stereocenters. The van der Waals surface area contributed by atoms with Crippen LogP contribution in [-0.2, 0) is 17.6 Å². The number of fused-ring (bicyclic) bond motifs is 2. The molecule has 2 heterocycles. The molecule has 21 heavy (non-hydrogen) atoms. The molecule has 2 fully saturated rings. The highest BCUT2D eigenvalue weighted by molar-refractivity contribution is 5.81. The van der Waals surface area contributed by atoms with E-state index in [0.29, 0.717) is 17.7 Å². The van der Waals surface area contributed by atoms with Gasteiger partial charge in [0.05, 0.1) is 0 Å². The van der Waals surface area contributed by atoms with Crippen LogP contribution in [0.5, 0.6) is 0 Å². The van der Waals surface area contributed by atoms with Crippen LogP contribution < -0.4 is 5.32 Å². The fraction of sp³-hybridized carbons (Fsp3) is 0.611. The predicted molar refractivity (Wildman–Crippen MR) is 83.0 cm³/mol. The Kier molecular flexibility index (Phi) is 2.90. The van der Waals surface area contributed by atoms with Crippen LogP contribution in [0.25, 0.3) is 0 Å². The zero-order valence-electron chi connectivity index (χ0n) is 12.9. The van der Waals surface area contributed by atoms with E-state index in [4.69, 9.17) is 0 Å². The molecule has 4 rings (SSSR count). The summed E-state index contributed by atoms with van der Waals surface area (Å²) in [5.74, 6) is 1.80. The summed E-state index contributed by atoms with van der Waals surface area (Å²) >= 11 is 0. The summed E-state index contributed by atoms with van der Waals surface area (Å²) in [5.41, 5.74) is 2.74. The molecule has 1 aromatic rings. The van der Waals surface area contributed by atoms with Crippen LogP contribution in [0.15, 0.2) is 24.3 Å². The highest BCUT2D eigenvalue weighted by Crippen LogP contribution is 2.42. The fourth-order valence-corrected chi connectivity index (χ4v) is 4.75. The number of amides is 1. The summed E-state index contributed by atoms with van der Waals surface area (Å²) in [6.45, 7) is 7.58. The molecule has 0 saturated carbocycles. The first-order valence-electron chi connectivity index (χ1n) is 8.16. The summed E-state index contributed by atoms with van der Waals surface area (Å²) in [6.07, 6.45) is 1.85. The highest BCUT2D eigenvalue weighted by atomic mass is 16.2. The first-order valence-corrected chi connectivity index (χ1v) is 8.16. The average molecular weight is 284 g/mol. The number of benzene rings is 1. The number of hydrogen-bond acceptors (Lipinski definition) is 2. The summed E-state index contributed by atoms with van der Waals surface area (Å²) in [4.78, 5) is 15.3. The maximum absolute atomic E-state index is 13.1. The smallest absolute Gasteiger partial charge is 0.226 e. The van der Waals surface area contributed by atoms with E-state index >= 15 is 0 Å². The van der Waals surface area contributed by atoms with E-state index in [1.165, 1.54) is 11.1 Å². The maximum atomic E-state index is 13.1. The zero-order chi connectivity index (χ0) is 14.6. The predicted octanol–water partition coefficient (Wildman–Crippen LogP) is 1.86. The van der Waals surface area contributed by atoms with Gasteiger partial charge in [-0.15, -0.1) is 0 Å². The molecule has 0 radical (unpaired) electrons. The minimum atomic E-state index is 0.0000243. The van der Waals surface area contributed by atoms with Gasteiger partial charge < -0.3 is 10.2 Å². The van der Waals surface area contributed by atoms with Crippen molar-refractivity contribution in [3.63, 3.8) is 0 Å². The lowest BCUT2D eigenvalue weighted by atomic mass is 9.84. The molecule has 2 unspecified atom stereocenters. The quantitative estimate of drug-likeness (QED) is 0.854. The van der Waals surface area contributed by atoms with Crippen LogP contribution in [0.2, 0.25) is 0 Å². The maximum Gasteiger partial charge on any atom is 0.226 e. The van der Waals surface area contributed by atoms with Crippen molar-refractivity contribution in [2.24, 2.45) is 17.8 Å². The first-order chi connectivity index (χ1) is 10.1. The second kappa shape index (κ2) is 4.57. The Morgan fingerprint density at radius 2 is 1.86 bits per heavy atom. The third-order valence-electron chi connectivity index (χ3n) is 6.03. The van der Waals surface area contributed by atoms with Crippen molar-refractivity contribution in [2.75, 3.05) is 19.6 Å². The number of likely N-dealkylation sites (tertiary alicyclic amines) is 1. The number of carbonyl (C=O) groups excluding carboxylic acids is 1. The molecule has 0 aromatic heterocycles. The van der Waals surface area contributed by atoms with Gasteiger partial charge in [-0.05, 0) is 49.7 Å². The topological polar surface area (TPSA) is 32.3 Å². The van der Waals surface area contributed by atoms with E-state index in [9.17, 15) is 4.79 Å². The average Bonchev–Trinajstić information content (AvgIpc) is 3.14. The van der Waals surface area contributed by atoms with E-state index in [2.05, 4.69) is 48.3 Å². The third kappa shape index (κ3) is 1.94. The number of nitrogens with one attached hydrogen (secondary N) is 1. The Labute approximate surface area is 126 Å². The molecule has 112 valence electrons. The zero-order valence-corrected chi connectivity index (χ0v) is 12.9. The second-order valence-electron chi connectivity index (χ2n) is 7.50. The van der Waals surface area contributed by atoms with E-state index in [-0.39, 0.29) is 11.5 Å². The molecule has 3 heteroatoms. The van der Waals surface area contributed by atoms with Crippen LogP contribution in [0.1, 0.15) is 25.0 Å². The molecule has 1 N–H and O–H groups in total. The van der Waals surface area contributed by atoms with E-state index in [1.807, 2.05) is 0 Å². The summed E-state index contributed by atoms with van der Waals surface area (Å²) in [5, 5.41) is 3.49. The molecule has 0 bridgehead atoms. The lowest BCUT2D eigenvalue weighted by Gasteiger charge is -2.37. The number of hydrogen-bond donors (Lipinski definition) is 1. The molecule has 3 aliphatic rings. The van der Waals surface area contributed by atoms with Crippen LogP contribution in [0, 0.1) is 17.8 Å². The van der Waals surface area contributed by atoms with Crippen LogP contribution in [-0.4, -0.2) is 36.0 Å². The Morgan fingerprint density at radius 3 is 2.48 bits per heavy atom. The van der Waals surface area contributed by atoms with E-state index < -0.39 is 0 Å². The Hall–Kier alpha value is -1.35. The van der Waals surface area contributed by atoms with Gasteiger partial charge in [0.2, 0.25) is 5.91 Å². The molecule has 1 aromatic carbocycles. The molecule has 1 amide bonds. The van der Waals surface area contributed by atoms with Crippen molar-refractivity contribution in [3.05, 3.63) is 35.4 Å². The highest BCUT2D eigenvalue weighted by Gasteiger charge is 2.52. The van der Waals surface area contributed by atoms with Crippen molar-refractivity contribution in [1.29, 1.82) is 0 Å². The Balaban J connectivity index is 1.54. The summed E-state index contributed by atoms with van der Waals surface area (Å²) in [7, 11) is 0. The minimum absolute atomic E-state index is 0.0000243. The van der Waals surface area contributed by atoms with Gasteiger partial charge in [0.15, 0.2) is 0 Å². The monoisotopic (exact) mass is 284 g/mol. The van der Waals surface area contributed by atoms with Gasteiger partial charge in [0.25, 0.3) is 0 Å². The summed E-state index contributed by atoms with van der Waals surface area (Å²) < 4.78 is 0. The molecule has 2 aliphatic heterocycles. The van der Waals surface area contributed by atoms with Crippen LogP contribution in [0.4, 0.5) is 0 Å². The number of carbonyl (C=O) groups is 1. The van der Waals surface area contributed by atoms with E-state index in [1.54, 1.807) is 0 Å². The third-order valence-corrected chi connectivity index (χ3v) is 6.03. The molecule has 1 aliphatic carbocycles. The molecule has 2 saturated heterocycles. The Morgan fingerprint density at radius 1 is 1.19 bits per heavy atom. The second-order valence-corrected chi connectivity index (χ2v) is 7.50. The van der Waals surface area contributed by atoms with Crippen molar-refractivity contribution in [2.45, 2.75) is 32.2 Å². The van der Waals surface area contributed by atoms with Gasteiger partial charge in [-0.3, -0.25) is 4.79 Å². The lowest BCUT2D eigenvalue weighted by molar-refractivity contribution is -0.139. The molecular formula is C18H24N2O. The van der Waals surface area contributed by atoms with Crippen LogP contribution in [0.3, 0.4) is 0 Å². The SMILES string of the molecule is CC1(C)C2CNCC2CN1C(=O)C1Cc2ccccc2C1. The van der Waals surface area contributed by atoms with E-state index in [0.717, 1.165) is 32.5 Å². The van der Waals surface area contributed by atoms with Gasteiger partial charge in [-0.1, -0.05) is 24.3 Å². The lowest BCUT2D eigenvalue weighted by Crippen LogP contribution is -2.49. The van der Waals surface area contributed by atoms with Gasteiger partial charge in [0, 0.05) is 31.1 Å². The minimum Gasteiger partial charge on any atom is -0.337 e. The van der Waals surface area contributed by atoms with Gasteiger partial charge in [0.1, 0.15) is 0 Å². The largest absolute Gasteiger partial charge is 0.337 e. The van der Waals surface area contributed by atoms with Crippen molar-refractivity contribution in [1.82, 2.24) is 10.2 Å². The molecular weight excluding hydrogens is 260 g/mol. The number of nitrogens with zero attached hydrogens (tertiary/aromatic N) is 1. The summed E-state index contributed by atoms with van der Waals surface area (Å²) in [6, 6.07) is 8.52. The normalized spacial score (nSPS) is 30.5. The molecule has 0 spiro atoms. The van der Waals surface area contributed by atoms with Crippen molar-refractivity contribution in [3.8, 4) is 0 Å². The van der Waals surface area contributed by atoms with Crippen LogP contribution >= 0.6 is 0 Å². The van der Waals surface area contributed by atoms with Crippen molar-refractivity contribution >= 4 is 5.91 Å². The van der Waals surface area contributed by atoms with Gasteiger partial charge in [-0.2, -0.15) is 0 Å². The fourth-order valence-electron chi connectivity index (χ4n) is 4.75. The standard InChI is InChI=1S/C18H24N2O/c1-18(2)16-10-19-9-15(16)11-20(18)17(21)14-7-12-5-3-4-6-13(12)8-14/h3-6,14-16,19H,7-11H2,1-2H3. The van der Waals surface area contributed by atoms with Crippen molar-refractivity contribution < 1.29 is 4.79 Å². The number of rotatable bonds is 1. The first kappa shape index (κ1) is 13.3. The van der Waals surface area contributed by atoms with Gasteiger partial charge >= 0.3 is 0 Å². The Bertz CT molecular complexity index is 555.